The summed E-state index contributed by atoms with van der Waals surface area (Å²) in [4.78, 5) is 0. The Morgan fingerprint density at radius 1 is 0.621 bits per heavy atom. The Labute approximate surface area is 152 Å². The van der Waals surface area contributed by atoms with Crippen LogP contribution in [0, 0.1) is 0 Å². The quantitative estimate of drug-likeness (QED) is 0.494. The lowest BCUT2D eigenvalue weighted by Gasteiger charge is -2.39. The minimum Gasteiger partial charge on any atom is -0.508 e. The van der Waals surface area contributed by atoms with Gasteiger partial charge in [0, 0.05) is 0 Å². The largest absolute Gasteiger partial charge is 0.508 e. The molecule has 0 heterocycles. The van der Waals surface area contributed by atoms with Gasteiger partial charge in [-0.05, 0) is 24.3 Å². The number of benzene rings is 1. The fraction of sp³-hybridized carbons (Fsp3) is 0.571. The summed E-state index contributed by atoms with van der Waals surface area (Å²) in [5.74, 6) is -37.7. The van der Waals surface area contributed by atoms with Crippen molar-refractivity contribution in [2.45, 2.75) is 42.2 Å². The summed E-state index contributed by atoms with van der Waals surface area (Å²) in [5, 5.41) is 8.94. The molecule has 0 amide bonds. The van der Waals surface area contributed by atoms with Gasteiger partial charge in [-0.15, -0.1) is 0 Å². The predicted molar refractivity (Wildman–Crippen MR) is 69.0 cm³/mol. The van der Waals surface area contributed by atoms with E-state index in [4.69, 9.17) is 5.11 Å². The summed E-state index contributed by atoms with van der Waals surface area (Å²) in [6.45, 7) is -1.55. The standard InChI is InChI=1S/C14H9F13O2/c15-9(16,5-6-29-8-3-1-7(28)2-4-8)10(17,18)11(19,20)12(21,22)13(23,24)14(25,26)27/h1-4,28H,5-6H2. The number of aromatic hydroxyl groups is 1. The third-order valence-electron chi connectivity index (χ3n) is 3.52. The van der Waals surface area contributed by atoms with Gasteiger partial charge in [0.1, 0.15) is 11.5 Å². The van der Waals surface area contributed by atoms with Crippen LogP contribution in [0.1, 0.15) is 6.42 Å². The zero-order valence-electron chi connectivity index (χ0n) is 13.5. The van der Waals surface area contributed by atoms with Crippen LogP contribution >= 0.6 is 0 Å². The molecule has 0 aliphatic carbocycles. The molecule has 0 saturated heterocycles. The molecule has 0 atom stereocenters. The van der Waals surface area contributed by atoms with E-state index in [0.29, 0.717) is 0 Å². The number of hydrogen-bond donors (Lipinski definition) is 1. The third kappa shape index (κ3) is 4.13. The van der Waals surface area contributed by atoms with Crippen LogP contribution < -0.4 is 4.74 Å². The molecule has 1 aromatic rings. The van der Waals surface area contributed by atoms with Crippen molar-refractivity contribution in [2.75, 3.05) is 6.61 Å². The van der Waals surface area contributed by atoms with E-state index in [-0.39, 0.29) is 11.5 Å². The maximum absolute atomic E-state index is 13.5. The van der Waals surface area contributed by atoms with Crippen molar-refractivity contribution in [1.82, 2.24) is 0 Å². The van der Waals surface area contributed by atoms with E-state index in [0.717, 1.165) is 24.3 Å². The van der Waals surface area contributed by atoms with Crippen molar-refractivity contribution >= 4 is 0 Å². The van der Waals surface area contributed by atoms with E-state index in [1.807, 2.05) is 0 Å². The van der Waals surface area contributed by atoms with Gasteiger partial charge in [-0.2, -0.15) is 57.1 Å². The molecule has 0 aliphatic heterocycles. The van der Waals surface area contributed by atoms with E-state index in [9.17, 15) is 57.1 Å². The van der Waals surface area contributed by atoms with Crippen molar-refractivity contribution in [2.24, 2.45) is 0 Å². The van der Waals surface area contributed by atoms with Crippen LogP contribution in [0.25, 0.3) is 0 Å². The Morgan fingerprint density at radius 3 is 1.45 bits per heavy atom. The van der Waals surface area contributed by atoms with Crippen LogP contribution in [0.4, 0.5) is 57.1 Å². The van der Waals surface area contributed by atoms with Gasteiger partial charge < -0.3 is 9.84 Å². The molecule has 15 heteroatoms. The Bertz CT molecular complexity index is 694. The lowest BCUT2D eigenvalue weighted by atomic mass is 9.93. The maximum atomic E-state index is 13.5. The Kier molecular flexibility index (Phi) is 6.29. The molecule has 1 rings (SSSR count). The monoisotopic (exact) mass is 456 g/mol. The Balaban J connectivity index is 3.09. The summed E-state index contributed by atoms with van der Waals surface area (Å²) in [7, 11) is 0. The van der Waals surface area contributed by atoms with Gasteiger partial charge in [0.2, 0.25) is 0 Å². The fourth-order valence-corrected chi connectivity index (χ4v) is 1.80. The highest BCUT2D eigenvalue weighted by atomic mass is 19.4. The van der Waals surface area contributed by atoms with Gasteiger partial charge in [0.15, 0.2) is 0 Å². The Hall–Kier alpha value is -2.09. The average molecular weight is 456 g/mol. The summed E-state index contributed by atoms with van der Waals surface area (Å²) >= 11 is 0. The van der Waals surface area contributed by atoms with Crippen molar-refractivity contribution in [1.29, 1.82) is 0 Å². The SMILES string of the molecule is Oc1ccc(OCCC(F)(F)C(F)(F)C(F)(F)C(F)(F)C(F)(F)C(F)(F)F)cc1. The van der Waals surface area contributed by atoms with Crippen LogP contribution in [0.15, 0.2) is 24.3 Å². The van der Waals surface area contributed by atoms with E-state index in [1.54, 1.807) is 0 Å². The first-order chi connectivity index (χ1) is 12.7. The number of phenols is 1. The molecule has 1 aromatic carbocycles. The molecule has 0 aromatic heterocycles. The van der Waals surface area contributed by atoms with Gasteiger partial charge in [0.25, 0.3) is 0 Å². The topological polar surface area (TPSA) is 29.5 Å². The number of ether oxygens (including phenoxy) is 1. The molecule has 0 unspecified atom stereocenters. The van der Waals surface area contributed by atoms with E-state index in [1.165, 1.54) is 0 Å². The summed E-state index contributed by atoms with van der Waals surface area (Å²) in [5.41, 5.74) is 0. The number of rotatable bonds is 8. The summed E-state index contributed by atoms with van der Waals surface area (Å²) in [6.07, 6.45) is -9.89. The first kappa shape index (κ1) is 24.9. The minimum atomic E-state index is -7.91. The molecule has 168 valence electrons. The highest BCUT2D eigenvalue weighted by Crippen LogP contribution is 2.60. The molecule has 0 aliphatic rings. The number of hydrogen-bond acceptors (Lipinski definition) is 2. The molecule has 1 N–H and O–H groups in total. The zero-order valence-corrected chi connectivity index (χ0v) is 13.5. The maximum Gasteiger partial charge on any atom is 0.460 e. The van der Waals surface area contributed by atoms with Gasteiger partial charge in [-0.1, -0.05) is 0 Å². The van der Waals surface area contributed by atoms with Crippen molar-refractivity contribution in [3.8, 4) is 11.5 Å². The predicted octanol–water partition coefficient (Wildman–Crippen LogP) is 5.90. The van der Waals surface area contributed by atoms with Crippen molar-refractivity contribution in [3.05, 3.63) is 24.3 Å². The molecule has 0 fully saturated rings. The summed E-state index contributed by atoms with van der Waals surface area (Å²) in [6, 6.07) is 3.66. The van der Waals surface area contributed by atoms with Crippen molar-refractivity contribution < 1.29 is 66.9 Å². The minimum absolute atomic E-state index is 0.346. The first-order valence-electron chi connectivity index (χ1n) is 7.10. The van der Waals surface area contributed by atoms with Crippen molar-refractivity contribution in [3.63, 3.8) is 0 Å². The molecule has 0 spiro atoms. The lowest BCUT2D eigenvalue weighted by molar-refractivity contribution is -0.440. The number of alkyl halides is 13. The lowest BCUT2D eigenvalue weighted by Crippen LogP contribution is -2.70. The van der Waals surface area contributed by atoms with Gasteiger partial charge >= 0.3 is 35.8 Å². The van der Waals surface area contributed by atoms with E-state index >= 15 is 0 Å². The smallest absolute Gasteiger partial charge is 0.460 e. The summed E-state index contributed by atoms with van der Waals surface area (Å²) < 4.78 is 172. The second-order valence-electron chi connectivity index (χ2n) is 5.59. The zero-order chi connectivity index (χ0) is 23.1. The molecule has 29 heavy (non-hydrogen) atoms. The molecule has 0 saturated carbocycles. The highest BCUT2D eigenvalue weighted by molar-refractivity contribution is 5.30. The van der Waals surface area contributed by atoms with Crippen LogP contribution in [0.2, 0.25) is 0 Å². The number of halogens is 13. The van der Waals surface area contributed by atoms with Crippen LogP contribution in [0.3, 0.4) is 0 Å². The molecule has 2 nitrogen and oxygen atoms in total. The molecule has 0 radical (unpaired) electrons. The Morgan fingerprint density at radius 2 is 1.03 bits per heavy atom. The molecular weight excluding hydrogens is 447 g/mol. The average Bonchev–Trinajstić information content (AvgIpc) is 2.54. The van der Waals surface area contributed by atoms with Crippen LogP contribution in [-0.2, 0) is 0 Å². The van der Waals surface area contributed by atoms with Crippen LogP contribution in [0.5, 0.6) is 11.5 Å². The third-order valence-corrected chi connectivity index (χ3v) is 3.52. The second kappa shape index (κ2) is 7.31. The molecular formula is C14H9F13O2. The first-order valence-corrected chi connectivity index (χ1v) is 7.10. The fourth-order valence-electron chi connectivity index (χ4n) is 1.80. The van der Waals surface area contributed by atoms with Gasteiger partial charge in [-0.25, -0.2) is 0 Å². The second-order valence-corrected chi connectivity index (χ2v) is 5.59. The van der Waals surface area contributed by atoms with Gasteiger partial charge in [0.05, 0.1) is 13.0 Å². The van der Waals surface area contributed by atoms with Gasteiger partial charge in [-0.3, -0.25) is 0 Å². The normalized spacial score (nSPS) is 14.8. The number of phenolic OH excluding ortho intramolecular Hbond substituents is 1. The van der Waals surface area contributed by atoms with E-state index < -0.39 is 48.8 Å². The highest BCUT2D eigenvalue weighted by Gasteiger charge is 2.90. The van der Waals surface area contributed by atoms with E-state index in [2.05, 4.69) is 4.74 Å². The molecule has 0 bridgehead atoms. The van der Waals surface area contributed by atoms with Crippen LogP contribution in [-0.4, -0.2) is 47.5 Å².